The molecule has 1 aliphatic rings. The number of nitrogens with zero attached hydrogens (tertiary/aromatic N) is 4. The van der Waals surface area contributed by atoms with Crippen LogP contribution < -0.4 is 10.1 Å². The quantitative estimate of drug-likeness (QED) is 0.453. The van der Waals surface area contributed by atoms with Crippen LogP contribution in [0.3, 0.4) is 0 Å². The zero-order valence-corrected chi connectivity index (χ0v) is 16.5. The summed E-state index contributed by atoms with van der Waals surface area (Å²) in [4.78, 5) is 25.1. The van der Waals surface area contributed by atoms with Crippen LogP contribution in [0.2, 0.25) is 5.02 Å². The van der Waals surface area contributed by atoms with Crippen LogP contribution in [0.25, 0.3) is 11.1 Å². The lowest BCUT2D eigenvalue weighted by atomic mass is 10.1. The number of pyridine rings is 1. The molecule has 0 radical (unpaired) electrons. The number of nitrogens with one attached hydrogen (secondary N) is 1. The fourth-order valence-electron chi connectivity index (χ4n) is 2.96. The summed E-state index contributed by atoms with van der Waals surface area (Å²) >= 11 is 5.75. The van der Waals surface area contributed by atoms with Gasteiger partial charge in [-0.25, -0.2) is 14.4 Å². The lowest BCUT2D eigenvalue weighted by Crippen LogP contribution is -2.51. The van der Waals surface area contributed by atoms with Crippen LogP contribution >= 0.6 is 11.6 Å². The fourth-order valence-corrected chi connectivity index (χ4v) is 3.13. The van der Waals surface area contributed by atoms with Crippen LogP contribution in [-0.4, -0.2) is 45.3 Å². The Balaban J connectivity index is 1.39. The van der Waals surface area contributed by atoms with E-state index in [-0.39, 0.29) is 17.1 Å². The van der Waals surface area contributed by atoms with E-state index in [4.69, 9.17) is 16.3 Å². The minimum Gasteiger partial charge on any atom is -0.424 e. The van der Waals surface area contributed by atoms with Crippen molar-refractivity contribution in [3.63, 3.8) is 0 Å². The minimum absolute atomic E-state index is 0.0335. The highest BCUT2D eigenvalue weighted by atomic mass is 35.5. The van der Waals surface area contributed by atoms with Gasteiger partial charge in [0.25, 0.3) is 0 Å². The molecule has 7 nitrogen and oxygen atoms in total. The van der Waals surface area contributed by atoms with Crippen LogP contribution in [0.1, 0.15) is 0 Å². The van der Waals surface area contributed by atoms with E-state index in [1.165, 1.54) is 24.3 Å². The number of rotatable bonds is 7. The summed E-state index contributed by atoms with van der Waals surface area (Å²) in [6.45, 7) is 1.63. The second-order valence-electron chi connectivity index (χ2n) is 6.67. The Morgan fingerprint density at radius 3 is 2.67 bits per heavy atom. The van der Waals surface area contributed by atoms with Crippen LogP contribution in [0.5, 0.6) is 11.8 Å². The maximum absolute atomic E-state index is 13.2. The van der Waals surface area contributed by atoms with Crippen LogP contribution in [0, 0.1) is 5.82 Å². The monoisotopic (exact) mass is 425 g/mol. The number of allylic oxidation sites excluding steroid dienone is 1. The highest BCUT2D eigenvalue weighted by Crippen LogP contribution is 2.26. The number of halogens is 2. The van der Waals surface area contributed by atoms with Crippen molar-refractivity contribution in [2.75, 3.05) is 18.4 Å². The Morgan fingerprint density at radius 1 is 1.13 bits per heavy atom. The van der Waals surface area contributed by atoms with Gasteiger partial charge in [-0.05, 0) is 24.3 Å². The van der Waals surface area contributed by atoms with E-state index in [9.17, 15) is 9.18 Å². The molecular weight excluding hydrogens is 409 g/mol. The molecule has 1 aliphatic heterocycles. The van der Waals surface area contributed by atoms with Crippen LogP contribution in [0.4, 0.5) is 10.1 Å². The summed E-state index contributed by atoms with van der Waals surface area (Å²) in [6, 6.07) is 6.41. The first-order chi connectivity index (χ1) is 14.6. The van der Waals surface area contributed by atoms with Crippen LogP contribution in [0.15, 0.2) is 61.3 Å². The van der Waals surface area contributed by atoms with Gasteiger partial charge >= 0.3 is 6.01 Å². The van der Waals surface area contributed by atoms with Crippen molar-refractivity contribution in [1.82, 2.24) is 19.9 Å². The van der Waals surface area contributed by atoms with Gasteiger partial charge in [0.2, 0.25) is 0 Å². The first-order valence-corrected chi connectivity index (χ1v) is 9.51. The highest BCUT2D eigenvalue weighted by molar-refractivity contribution is 6.30. The molecule has 0 amide bonds. The fraction of sp³-hybridized carbons (Fsp3) is 0.143. The number of carbonyl (C=O) groups is 1. The number of aromatic nitrogens is 3. The molecule has 152 valence electrons. The molecule has 3 aromatic rings. The first-order valence-electron chi connectivity index (χ1n) is 9.13. The van der Waals surface area contributed by atoms with Gasteiger partial charge in [0.1, 0.15) is 17.9 Å². The van der Waals surface area contributed by atoms with Crippen molar-refractivity contribution in [3.05, 3.63) is 72.2 Å². The van der Waals surface area contributed by atoms with Crippen molar-refractivity contribution in [1.29, 1.82) is 0 Å². The molecular formula is C21H17ClFN5O2. The van der Waals surface area contributed by atoms with Gasteiger partial charge in [-0.1, -0.05) is 11.6 Å². The average molecular weight is 426 g/mol. The third kappa shape index (κ3) is 4.72. The van der Waals surface area contributed by atoms with E-state index >= 15 is 0 Å². The molecule has 0 spiro atoms. The number of hydrogen-bond donors (Lipinski definition) is 1. The van der Waals surface area contributed by atoms with Crippen LogP contribution in [-0.2, 0) is 4.79 Å². The topological polar surface area (TPSA) is 80.2 Å². The Morgan fingerprint density at radius 2 is 1.93 bits per heavy atom. The van der Waals surface area contributed by atoms with E-state index in [0.717, 1.165) is 36.2 Å². The zero-order chi connectivity index (χ0) is 20.9. The number of anilines is 1. The normalized spacial score (nSPS) is 13.9. The van der Waals surface area contributed by atoms with Crippen molar-refractivity contribution in [2.24, 2.45) is 0 Å². The van der Waals surface area contributed by atoms with Gasteiger partial charge in [0.15, 0.2) is 0 Å². The molecule has 3 heterocycles. The summed E-state index contributed by atoms with van der Waals surface area (Å²) < 4.78 is 18.7. The maximum atomic E-state index is 13.2. The zero-order valence-electron chi connectivity index (χ0n) is 15.7. The SMILES string of the molecule is O=CC=CN1CC(Nc2cncc(-c3cnc(Oc4ccc(F)c(Cl)c4)nc3)c2)C1. The molecule has 4 rings (SSSR count). The molecule has 0 aliphatic carbocycles. The molecule has 0 atom stereocenters. The van der Waals surface area contributed by atoms with Gasteiger partial charge in [-0.2, -0.15) is 0 Å². The Labute approximate surface area is 177 Å². The van der Waals surface area contributed by atoms with E-state index in [0.29, 0.717) is 5.75 Å². The number of carbonyl (C=O) groups excluding carboxylic acids is 1. The second-order valence-corrected chi connectivity index (χ2v) is 7.07. The van der Waals surface area contributed by atoms with E-state index in [2.05, 4.69) is 20.3 Å². The molecule has 2 aromatic heterocycles. The number of likely N-dealkylation sites (tertiary alicyclic amines) is 1. The first kappa shape index (κ1) is 19.8. The molecule has 0 saturated carbocycles. The summed E-state index contributed by atoms with van der Waals surface area (Å²) in [5, 5.41) is 3.38. The molecule has 0 unspecified atom stereocenters. The summed E-state index contributed by atoms with van der Waals surface area (Å²) in [6.07, 6.45) is 10.8. The average Bonchev–Trinajstić information content (AvgIpc) is 2.73. The smallest absolute Gasteiger partial charge is 0.321 e. The third-order valence-electron chi connectivity index (χ3n) is 4.46. The molecule has 0 bridgehead atoms. The number of hydrogen-bond acceptors (Lipinski definition) is 7. The Bertz CT molecular complexity index is 1070. The van der Waals surface area contributed by atoms with Gasteiger partial charge in [0, 0.05) is 61.3 Å². The molecule has 1 saturated heterocycles. The third-order valence-corrected chi connectivity index (χ3v) is 4.75. The lowest BCUT2D eigenvalue weighted by molar-refractivity contribution is -0.104. The molecule has 9 heteroatoms. The summed E-state index contributed by atoms with van der Waals surface area (Å²) in [7, 11) is 0. The summed E-state index contributed by atoms with van der Waals surface area (Å²) in [5.74, 6) is -0.173. The Kier molecular flexibility index (Phi) is 5.85. The number of benzene rings is 1. The Hall–Kier alpha value is -3.52. The maximum Gasteiger partial charge on any atom is 0.321 e. The standard InChI is InChI=1S/C21H17ClFN5O2/c22-19-7-18(2-3-20(19)23)30-21-25-9-15(10-26-21)14-6-16(11-24-8-14)27-17-12-28(13-17)4-1-5-29/h1-11,17,27H,12-13H2. The molecule has 1 N–H and O–H groups in total. The number of ether oxygens (including phenoxy) is 1. The van der Waals surface area contributed by atoms with Gasteiger partial charge in [-0.3, -0.25) is 9.78 Å². The largest absolute Gasteiger partial charge is 0.424 e. The van der Waals surface area contributed by atoms with E-state index in [1.54, 1.807) is 31.0 Å². The summed E-state index contributed by atoms with van der Waals surface area (Å²) in [5.41, 5.74) is 2.52. The van der Waals surface area contributed by atoms with Gasteiger partial charge < -0.3 is 15.0 Å². The van der Waals surface area contributed by atoms with E-state index in [1.807, 2.05) is 11.0 Å². The van der Waals surface area contributed by atoms with Crippen molar-refractivity contribution >= 4 is 23.6 Å². The predicted octanol–water partition coefficient (Wildman–Crippen LogP) is 3.93. The second kappa shape index (κ2) is 8.87. The van der Waals surface area contributed by atoms with Gasteiger partial charge in [0.05, 0.1) is 16.8 Å². The van der Waals surface area contributed by atoms with Gasteiger partial charge in [-0.15, -0.1) is 0 Å². The van der Waals surface area contributed by atoms with Crippen molar-refractivity contribution < 1.29 is 13.9 Å². The van der Waals surface area contributed by atoms with Crippen molar-refractivity contribution in [3.8, 4) is 22.9 Å². The molecule has 1 aromatic carbocycles. The molecule has 1 fully saturated rings. The highest BCUT2D eigenvalue weighted by Gasteiger charge is 2.23. The minimum atomic E-state index is -0.520. The predicted molar refractivity (Wildman–Crippen MR) is 111 cm³/mol. The molecule has 30 heavy (non-hydrogen) atoms. The van der Waals surface area contributed by atoms with E-state index < -0.39 is 5.82 Å². The lowest BCUT2D eigenvalue weighted by Gasteiger charge is -2.39. The number of aldehydes is 1. The van der Waals surface area contributed by atoms with Crippen molar-refractivity contribution in [2.45, 2.75) is 6.04 Å².